The second kappa shape index (κ2) is 3.29. The van der Waals surface area contributed by atoms with Crippen LogP contribution in [0.4, 0.5) is 9.18 Å². The summed E-state index contributed by atoms with van der Waals surface area (Å²) in [4.78, 5) is 12.0. The predicted molar refractivity (Wildman–Crippen MR) is 48.5 cm³/mol. The summed E-state index contributed by atoms with van der Waals surface area (Å²) in [6.07, 6.45) is -0.320. The molecule has 1 amide bonds. The maximum Gasteiger partial charge on any atom is 0.407 e. The molecule has 0 radical (unpaired) electrons. The van der Waals surface area contributed by atoms with Crippen LogP contribution < -0.4 is 0 Å². The van der Waals surface area contributed by atoms with E-state index in [-0.39, 0.29) is 5.82 Å². The Morgan fingerprint density at radius 1 is 1.43 bits per heavy atom. The zero-order chi connectivity index (χ0) is 10.1. The smallest absolute Gasteiger partial charge is 0.407 e. The van der Waals surface area contributed by atoms with Crippen LogP contribution in [-0.2, 0) is 13.0 Å². The lowest BCUT2D eigenvalue weighted by atomic mass is 10.00. The molecular formula is C10H10FNO2. The molecule has 1 aliphatic heterocycles. The summed E-state index contributed by atoms with van der Waals surface area (Å²) in [6, 6.07) is 4.50. The highest BCUT2D eigenvalue weighted by Gasteiger charge is 2.19. The number of benzene rings is 1. The van der Waals surface area contributed by atoms with Gasteiger partial charge in [0, 0.05) is 13.1 Å². The molecule has 0 saturated carbocycles. The van der Waals surface area contributed by atoms with Gasteiger partial charge in [-0.3, -0.25) is 0 Å². The molecular weight excluding hydrogens is 185 g/mol. The van der Waals surface area contributed by atoms with Crippen LogP contribution in [0.3, 0.4) is 0 Å². The van der Waals surface area contributed by atoms with Gasteiger partial charge in [-0.05, 0) is 29.7 Å². The van der Waals surface area contributed by atoms with Crippen LogP contribution in [0.2, 0.25) is 0 Å². The van der Waals surface area contributed by atoms with Crippen molar-refractivity contribution in [3.63, 3.8) is 0 Å². The quantitative estimate of drug-likeness (QED) is 0.686. The maximum atomic E-state index is 12.8. The van der Waals surface area contributed by atoms with E-state index >= 15 is 0 Å². The molecule has 0 aliphatic carbocycles. The lowest BCUT2D eigenvalue weighted by Gasteiger charge is -2.26. The number of hydrogen-bond donors (Lipinski definition) is 1. The normalized spacial score (nSPS) is 15.1. The minimum absolute atomic E-state index is 0.257. The number of hydrogen-bond acceptors (Lipinski definition) is 1. The molecule has 2 rings (SSSR count). The van der Waals surface area contributed by atoms with E-state index < -0.39 is 6.09 Å². The fraction of sp³-hybridized carbons (Fsp3) is 0.300. The monoisotopic (exact) mass is 195 g/mol. The molecule has 3 nitrogen and oxygen atoms in total. The summed E-state index contributed by atoms with van der Waals surface area (Å²) in [5.74, 6) is -0.257. The number of fused-ring (bicyclic) bond motifs is 1. The van der Waals surface area contributed by atoms with Crippen molar-refractivity contribution in [2.24, 2.45) is 0 Å². The number of carbonyl (C=O) groups is 1. The van der Waals surface area contributed by atoms with Gasteiger partial charge in [-0.2, -0.15) is 0 Å². The summed E-state index contributed by atoms with van der Waals surface area (Å²) in [5.41, 5.74) is 1.82. The first-order valence-electron chi connectivity index (χ1n) is 4.42. The zero-order valence-corrected chi connectivity index (χ0v) is 7.53. The number of amides is 1. The summed E-state index contributed by atoms with van der Waals surface area (Å²) in [5, 5.41) is 8.77. The molecule has 1 aromatic rings. The molecule has 0 aromatic heterocycles. The summed E-state index contributed by atoms with van der Waals surface area (Å²) in [6.45, 7) is 0.816. The van der Waals surface area contributed by atoms with E-state index in [2.05, 4.69) is 0 Å². The fourth-order valence-electron chi connectivity index (χ4n) is 1.68. The Labute approximate surface area is 80.8 Å². The second-order valence-electron chi connectivity index (χ2n) is 3.37. The van der Waals surface area contributed by atoms with E-state index in [1.165, 1.54) is 17.0 Å². The lowest BCUT2D eigenvalue weighted by molar-refractivity contribution is 0.140. The molecule has 1 aliphatic rings. The molecule has 0 spiro atoms. The van der Waals surface area contributed by atoms with Crippen molar-refractivity contribution >= 4 is 6.09 Å². The predicted octanol–water partition coefficient (Wildman–Crippen LogP) is 1.86. The fourth-order valence-corrected chi connectivity index (χ4v) is 1.68. The van der Waals surface area contributed by atoms with Gasteiger partial charge < -0.3 is 10.0 Å². The highest BCUT2D eigenvalue weighted by atomic mass is 19.1. The molecule has 14 heavy (non-hydrogen) atoms. The van der Waals surface area contributed by atoms with Crippen molar-refractivity contribution in [1.82, 2.24) is 4.90 Å². The molecule has 4 heteroatoms. The van der Waals surface area contributed by atoms with Gasteiger partial charge in [-0.1, -0.05) is 6.07 Å². The Bertz CT molecular complexity index is 378. The molecule has 0 bridgehead atoms. The molecule has 1 aromatic carbocycles. The average molecular weight is 195 g/mol. The largest absolute Gasteiger partial charge is 0.465 e. The molecule has 0 saturated heterocycles. The van der Waals surface area contributed by atoms with E-state index in [0.717, 1.165) is 11.1 Å². The molecule has 74 valence electrons. The molecule has 1 heterocycles. The number of nitrogens with zero attached hydrogens (tertiary/aromatic N) is 1. The van der Waals surface area contributed by atoms with Crippen molar-refractivity contribution in [2.75, 3.05) is 6.54 Å². The van der Waals surface area contributed by atoms with Crippen LogP contribution >= 0.6 is 0 Å². The van der Waals surface area contributed by atoms with E-state index in [1.807, 2.05) is 0 Å². The minimum Gasteiger partial charge on any atom is -0.465 e. The van der Waals surface area contributed by atoms with Gasteiger partial charge >= 0.3 is 6.09 Å². The second-order valence-corrected chi connectivity index (χ2v) is 3.37. The van der Waals surface area contributed by atoms with Crippen molar-refractivity contribution in [2.45, 2.75) is 13.0 Å². The summed E-state index contributed by atoms with van der Waals surface area (Å²) < 4.78 is 12.8. The van der Waals surface area contributed by atoms with Gasteiger partial charge in [0.1, 0.15) is 5.82 Å². The van der Waals surface area contributed by atoms with Gasteiger partial charge in [0.05, 0.1) is 0 Å². The molecule has 1 N–H and O–H groups in total. The number of halogens is 1. The van der Waals surface area contributed by atoms with Gasteiger partial charge in [0.2, 0.25) is 0 Å². The first kappa shape index (κ1) is 8.99. The first-order valence-corrected chi connectivity index (χ1v) is 4.42. The van der Waals surface area contributed by atoms with Crippen LogP contribution in [0.1, 0.15) is 11.1 Å². The van der Waals surface area contributed by atoms with Gasteiger partial charge in [-0.15, -0.1) is 0 Å². The van der Waals surface area contributed by atoms with Crippen LogP contribution in [0.15, 0.2) is 18.2 Å². The Kier molecular flexibility index (Phi) is 2.11. The van der Waals surface area contributed by atoms with Crippen LogP contribution in [0.25, 0.3) is 0 Å². The first-order chi connectivity index (χ1) is 6.66. The van der Waals surface area contributed by atoms with Crippen LogP contribution in [0.5, 0.6) is 0 Å². The topological polar surface area (TPSA) is 40.5 Å². The van der Waals surface area contributed by atoms with E-state index in [4.69, 9.17) is 5.11 Å². The third-order valence-corrected chi connectivity index (χ3v) is 2.45. The lowest BCUT2D eigenvalue weighted by Crippen LogP contribution is -2.34. The highest BCUT2D eigenvalue weighted by Crippen LogP contribution is 2.19. The van der Waals surface area contributed by atoms with Crippen molar-refractivity contribution in [3.8, 4) is 0 Å². The van der Waals surface area contributed by atoms with E-state index in [1.54, 1.807) is 6.07 Å². The van der Waals surface area contributed by atoms with Gasteiger partial charge in [0.25, 0.3) is 0 Å². The van der Waals surface area contributed by atoms with Gasteiger partial charge in [-0.25, -0.2) is 9.18 Å². The number of rotatable bonds is 0. The third-order valence-electron chi connectivity index (χ3n) is 2.45. The van der Waals surface area contributed by atoms with Crippen molar-refractivity contribution in [1.29, 1.82) is 0 Å². The van der Waals surface area contributed by atoms with Crippen LogP contribution in [0, 0.1) is 5.82 Å². The van der Waals surface area contributed by atoms with E-state index in [9.17, 15) is 9.18 Å². The van der Waals surface area contributed by atoms with Crippen LogP contribution in [-0.4, -0.2) is 22.6 Å². The average Bonchev–Trinajstić information content (AvgIpc) is 2.16. The Hall–Kier alpha value is -1.58. The van der Waals surface area contributed by atoms with Gasteiger partial charge in [0.15, 0.2) is 0 Å². The molecule has 0 unspecified atom stereocenters. The molecule has 0 fully saturated rings. The maximum absolute atomic E-state index is 12.8. The molecule has 0 atom stereocenters. The highest BCUT2D eigenvalue weighted by molar-refractivity contribution is 5.65. The number of carboxylic acid groups (broad SMARTS) is 1. The summed E-state index contributed by atoms with van der Waals surface area (Å²) in [7, 11) is 0. The zero-order valence-electron chi connectivity index (χ0n) is 7.53. The van der Waals surface area contributed by atoms with Crippen molar-refractivity contribution in [3.05, 3.63) is 35.1 Å². The Balaban J connectivity index is 2.27. The standard InChI is InChI=1S/C10H10FNO2/c11-9-2-1-8-6-12(10(13)14)4-3-7(8)5-9/h1-2,5H,3-4,6H2,(H,13,14). The third kappa shape index (κ3) is 1.55. The Morgan fingerprint density at radius 2 is 2.21 bits per heavy atom. The van der Waals surface area contributed by atoms with E-state index in [0.29, 0.717) is 19.5 Å². The van der Waals surface area contributed by atoms with Crippen molar-refractivity contribution < 1.29 is 14.3 Å². The summed E-state index contributed by atoms with van der Waals surface area (Å²) >= 11 is 0. The SMILES string of the molecule is O=C(O)N1CCc2cc(F)ccc2C1. The minimum atomic E-state index is -0.917. The Morgan fingerprint density at radius 3 is 2.93 bits per heavy atom.